The Morgan fingerprint density at radius 1 is 1.24 bits per heavy atom. The Morgan fingerprint density at radius 3 is 2.72 bits per heavy atom. The highest BCUT2D eigenvalue weighted by Gasteiger charge is 2.47. The van der Waals surface area contributed by atoms with Crippen LogP contribution in [0.15, 0.2) is 24.3 Å². The molecular weight excluding hydrogens is 318 g/mol. The van der Waals surface area contributed by atoms with E-state index in [0.29, 0.717) is 18.1 Å². The number of nitrogens with two attached hydrogens (primary N) is 1. The minimum absolute atomic E-state index is 0.140. The normalized spacial score (nSPS) is 24.0. The van der Waals surface area contributed by atoms with Crippen LogP contribution >= 0.6 is 0 Å². The highest BCUT2D eigenvalue weighted by molar-refractivity contribution is 5.92. The van der Waals surface area contributed by atoms with Gasteiger partial charge in [-0.15, -0.1) is 0 Å². The zero-order valence-electron chi connectivity index (χ0n) is 14.9. The van der Waals surface area contributed by atoms with Gasteiger partial charge in [0.2, 0.25) is 11.8 Å². The molecule has 1 atom stereocenters. The largest absolute Gasteiger partial charge is 0.494 e. The number of carbonyl (C=O) groups excluding carboxylic acids is 2. The maximum atomic E-state index is 12.5. The van der Waals surface area contributed by atoms with Crippen molar-refractivity contribution < 1.29 is 14.3 Å². The van der Waals surface area contributed by atoms with Gasteiger partial charge in [-0.25, -0.2) is 0 Å². The van der Waals surface area contributed by atoms with E-state index in [2.05, 4.69) is 4.90 Å². The van der Waals surface area contributed by atoms with Crippen LogP contribution in [0, 0.1) is 5.41 Å². The first-order valence-electron chi connectivity index (χ1n) is 9.01. The molecule has 0 bridgehead atoms. The average molecular weight is 345 g/mol. The summed E-state index contributed by atoms with van der Waals surface area (Å²) in [5, 5.41) is 0. The van der Waals surface area contributed by atoms with Crippen LogP contribution in [0.4, 0.5) is 0 Å². The summed E-state index contributed by atoms with van der Waals surface area (Å²) in [6.45, 7) is 4.32. The fraction of sp³-hybridized carbons (Fsp3) is 0.579. The van der Waals surface area contributed by atoms with Gasteiger partial charge in [0.25, 0.3) is 0 Å². The van der Waals surface area contributed by atoms with Gasteiger partial charge >= 0.3 is 0 Å². The van der Waals surface area contributed by atoms with E-state index in [1.807, 2.05) is 11.9 Å². The van der Waals surface area contributed by atoms with Gasteiger partial charge in [-0.05, 0) is 56.5 Å². The number of likely N-dealkylation sites (tertiary alicyclic amines) is 2. The van der Waals surface area contributed by atoms with Crippen LogP contribution in [-0.2, 0) is 4.79 Å². The molecular formula is C19H27N3O3. The summed E-state index contributed by atoms with van der Waals surface area (Å²) in [5.41, 5.74) is 5.56. The fourth-order valence-electron chi connectivity index (χ4n) is 3.99. The SMILES string of the molecule is CN1CCCC2(CCN(CCCOc3ccc(C(N)=O)cc3)C2)C1=O. The molecule has 0 aromatic heterocycles. The Balaban J connectivity index is 1.41. The summed E-state index contributed by atoms with van der Waals surface area (Å²) >= 11 is 0. The fourth-order valence-corrected chi connectivity index (χ4v) is 3.99. The van der Waals surface area contributed by atoms with Gasteiger partial charge in [0.1, 0.15) is 5.75 Å². The average Bonchev–Trinajstić information content (AvgIpc) is 3.01. The Kier molecular flexibility index (Phi) is 5.27. The van der Waals surface area contributed by atoms with Gasteiger partial charge in [-0.3, -0.25) is 9.59 Å². The Labute approximate surface area is 148 Å². The van der Waals surface area contributed by atoms with Crippen LogP contribution in [0.25, 0.3) is 0 Å². The number of benzene rings is 1. The second kappa shape index (κ2) is 7.44. The maximum Gasteiger partial charge on any atom is 0.248 e. The van der Waals surface area contributed by atoms with E-state index in [1.165, 1.54) is 0 Å². The van der Waals surface area contributed by atoms with Crippen LogP contribution in [0.5, 0.6) is 5.75 Å². The summed E-state index contributed by atoms with van der Waals surface area (Å²) in [4.78, 5) is 27.8. The smallest absolute Gasteiger partial charge is 0.248 e. The molecule has 0 saturated carbocycles. The predicted molar refractivity (Wildman–Crippen MR) is 95.4 cm³/mol. The van der Waals surface area contributed by atoms with Crippen LogP contribution < -0.4 is 10.5 Å². The predicted octanol–water partition coefficient (Wildman–Crippen LogP) is 1.50. The molecule has 1 spiro atoms. The molecule has 2 amide bonds. The zero-order valence-corrected chi connectivity index (χ0v) is 14.9. The quantitative estimate of drug-likeness (QED) is 0.793. The van der Waals surface area contributed by atoms with Crippen LogP contribution in [0.2, 0.25) is 0 Å². The van der Waals surface area contributed by atoms with E-state index in [-0.39, 0.29) is 5.41 Å². The summed E-state index contributed by atoms with van der Waals surface area (Å²) < 4.78 is 5.72. The number of amides is 2. The van der Waals surface area contributed by atoms with Gasteiger partial charge in [0.05, 0.1) is 12.0 Å². The topological polar surface area (TPSA) is 75.9 Å². The van der Waals surface area contributed by atoms with Crippen molar-refractivity contribution in [3.63, 3.8) is 0 Å². The maximum absolute atomic E-state index is 12.5. The molecule has 2 saturated heterocycles. The van der Waals surface area contributed by atoms with Gasteiger partial charge in [0.15, 0.2) is 0 Å². The minimum atomic E-state index is -0.433. The first kappa shape index (κ1) is 17.7. The van der Waals surface area contributed by atoms with E-state index in [9.17, 15) is 9.59 Å². The number of carbonyl (C=O) groups is 2. The van der Waals surface area contributed by atoms with Crippen molar-refractivity contribution in [2.45, 2.75) is 25.7 Å². The molecule has 1 aromatic rings. The number of primary amides is 1. The van der Waals surface area contributed by atoms with Crippen molar-refractivity contribution in [3.8, 4) is 5.75 Å². The lowest BCUT2D eigenvalue weighted by Gasteiger charge is -2.37. The molecule has 2 N–H and O–H groups in total. The van der Waals surface area contributed by atoms with Gasteiger partial charge in [0, 0.05) is 32.2 Å². The lowest BCUT2D eigenvalue weighted by Crippen LogP contribution is -2.48. The van der Waals surface area contributed by atoms with Crippen molar-refractivity contribution in [2.75, 3.05) is 39.8 Å². The van der Waals surface area contributed by atoms with Crippen molar-refractivity contribution >= 4 is 11.8 Å². The molecule has 0 radical (unpaired) electrons. The molecule has 0 aliphatic carbocycles. The number of piperidine rings is 1. The van der Waals surface area contributed by atoms with Crippen LogP contribution in [0.1, 0.15) is 36.0 Å². The number of hydrogen-bond acceptors (Lipinski definition) is 4. The zero-order chi connectivity index (χ0) is 17.9. The molecule has 6 nitrogen and oxygen atoms in total. The molecule has 2 aliphatic heterocycles. The monoisotopic (exact) mass is 345 g/mol. The van der Waals surface area contributed by atoms with Crippen LogP contribution in [-0.4, -0.2) is 61.4 Å². The number of rotatable bonds is 6. The molecule has 25 heavy (non-hydrogen) atoms. The molecule has 6 heteroatoms. The third kappa shape index (κ3) is 3.95. The van der Waals surface area contributed by atoms with E-state index >= 15 is 0 Å². The number of hydrogen-bond donors (Lipinski definition) is 1. The van der Waals surface area contributed by atoms with Crippen molar-refractivity contribution in [1.29, 1.82) is 0 Å². The highest BCUT2D eigenvalue weighted by atomic mass is 16.5. The van der Waals surface area contributed by atoms with E-state index < -0.39 is 5.91 Å². The third-order valence-electron chi connectivity index (χ3n) is 5.41. The number of ether oxygens (including phenoxy) is 1. The summed E-state index contributed by atoms with van der Waals surface area (Å²) in [6, 6.07) is 6.88. The van der Waals surface area contributed by atoms with Crippen LogP contribution in [0.3, 0.4) is 0 Å². The highest BCUT2D eigenvalue weighted by Crippen LogP contribution is 2.39. The molecule has 136 valence electrons. The Bertz CT molecular complexity index is 631. The molecule has 1 aromatic carbocycles. The van der Waals surface area contributed by atoms with E-state index in [4.69, 9.17) is 10.5 Å². The lowest BCUT2D eigenvalue weighted by atomic mass is 9.78. The van der Waals surface area contributed by atoms with Gasteiger partial charge in [-0.2, -0.15) is 0 Å². The number of nitrogens with zero attached hydrogens (tertiary/aromatic N) is 2. The van der Waals surface area contributed by atoms with E-state index in [0.717, 1.165) is 57.6 Å². The second-order valence-electron chi connectivity index (χ2n) is 7.23. The molecule has 2 aliphatic rings. The van der Waals surface area contributed by atoms with Gasteiger partial charge in [-0.1, -0.05) is 0 Å². The van der Waals surface area contributed by atoms with Crippen molar-refractivity contribution in [2.24, 2.45) is 11.1 Å². The summed E-state index contributed by atoms with van der Waals surface area (Å²) in [5.74, 6) is 0.636. The van der Waals surface area contributed by atoms with Gasteiger partial charge < -0.3 is 20.3 Å². The van der Waals surface area contributed by atoms with Crippen molar-refractivity contribution in [3.05, 3.63) is 29.8 Å². The second-order valence-corrected chi connectivity index (χ2v) is 7.23. The Hall–Kier alpha value is -2.08. The first-order valence-corrected chi connectivity index (χ1v) is 9.01. The molecule has 3 rings (SSSR count). The minimum Gasteiger partial charge on any atom is -0.494 e. The van der Waals surface area contributed by atoms with Crippen molar-refractivity contribution in [1.82, 2.24) is 9.80 Å². The molecule has 2 fully saturated rings. The first-order chi connectivity index (χ1) is 12.0. The summed E-state index contributed by atoms with van der Waals surface area (Å²) in [7, 11) is 1.92. The lowest BCUT2D eigenvalue weighted by molar-refractivity contribution is -0.143. The molecule has 1 unspecified atom stereocenters. The standard InChI is InChI=1S/C19H27N3O3/c1-21-10-2-8-19(18(21)24)9-12-22(14-19)11-3-13-25-16-6-4-15(5-7-16)17(20)23/h4-7H,2-3,8-14H2,1H3,(H2,20,23). The Morgan fingerprint density at radius 2 is 2.00 bits per heavy atom. The van der Waals surface area contributed by atoms with E-state index in [1.54, 1.807) is 24.3 Å². The third-order valence-corrected chi connectivity index (χ3v) is 5.41. The molecule has 2 heterocycles. The summed E-state index contributed by atoms with van der Waals surface area (Å²) in [6.07, 6.45) is 4.03.